The number of esters is 1. The smallest absolute Gasteiger partial charge is 0.358 e. The van der Waals surface area contributed by atoms with Crippen molar-refractivity contribution in [3.63, 3.8) is 0 Å². The molecule has 1 rings (SSSR count). The number of hydrogen-bond acceptors (Lipinski definition) is 5. The van der Waals surface area contributed by atoms with Gasteiger partial charge >= 0.3 is 5.97 Å². The first kappa shape index (κ1) is 15.0. The Balaban J connectivity index is 2.86. The van der Waals surface area contributed by atoms with Crippen LogP contribution in [0.25, 0.3) is 0 Å². The first-order valence-electron chi connectivity index (χ1n) is 6.38. The van der Waals surface area contributed by atoms with E-state index in [-0.39, 0.29) is 5.97 Å². The van der Waals surface area contributed by atoms with Gasteiger partial charge in [0.25, 0.3) is 0 Å². The van der Waals surface area contributed by atoms with E-state index >= 15 is 0 Å². The number of thiazole rings is 1. The van der Waals surface area contributed by atoms with Crippen molar-refractivity contribution in [2.45, 2.75) is 46.6 Å². The Bertz CT molecular complexity index is 404. The molecule has 0 fully saturated rings. The summed E-state index contributed by atoms with van der Waals surface area (Å²) in [6, 6.07) is 0.426. The quantitative estimate of drug-likeness (QED) is 0.744. The number of nitrogens with zero attached hydrogens (tertiary/aromatic N) is 2. The molecule has 0 amide bonds. The van der Waals surface area contributed by atoms with E-state index in [0.717, 1.165) is 22.9 Å². The Morgan fingerprint density at radius 3 is 2.72 bits per heavy atom. The van der Waals surface area contributed by atoms with Gasteiger partial charge in [0.1, 0.15) is 0 Å². The minimum atomic E-state index is -0.325. The molecule has 5 heteroatoms. The Labute approximate surface area is 113 Å². The van der Waals surface area contributed by atoms with E-state index in [1.54, 1.807) is 18.3 Å². The van der Waals surface area contributed by atoms with E-state index in [1.165, 1.54) is 0 Å². The molecule has 1 aromatic heterocycles. The second-order valence-corrected chi connectivity index (χ2v) is 5.55. The summed E-state index contributed by atoms with van der Waals surface area (Å²) in [7, 11) is 2.02. The highest BCUT2D eigenvalue weighted by atomic mass is 32.1. The predicted octanol–water partition coefficient (Wildman–Crippen LogP) is 3.25. The fourth-order valence-corrected chi connectivity index (χ4v) is 2.68. The Morgan fingerprint density at radius 1 is 1.50 bits per heavy atom. The number of rotatable bonds is 6. The summed E-state index contributed by atoms with van der Waals surface area (Å²) in [5.41, 5.74) is 0.451. The monoisotopic (exact) mass is 270 g/mol. The molecule has 0 saturated carbocycles. The molecular weight excluding hydrogens is 248 g/mol. The lowest BCUT2D eigenvalue weighted by Gasteiger charge is -2.23. The third-order valence-electron chi connectivity index (χ3n) is 2.92. The maximum absolute atomic E-state index is 11.7. The van der Waals surface area contributed by atoms with E-state index in [2.05, 4.69) is 23.7 Å². The summed E-state index contributed by atoms with van der Waals surface area (Å²) in [6.07, 6.45) is 2.25. The van der Waals surface area contributed by atoms with Crippen molar-refractivity contribution in [2.75, 3.05) is 18.6 Å². The molecule has 1 atom stereocenters. The predicted molar refractivity (Wildman–Crippen MR) is 75.6 cm³/mol. The minimum absolute atomic E-state index is 0.325. The standard InChI is InChI=1S/C13H22N2O2S/c1-6-8-9(3)15(5)13-14-11(10(4)18-13)12(16)17-7-2/h9H,6-8H2,1-5H3. The number of carbonyl (C=O) groups is 1. The van der Waals surface area contributed by atoms with Crippen LogP contribution in [0.5, 0.6) is 0 Å². The second-order valence-electron chi connectivity index (χ2n) is 4.37. The Hall–Kier alpha value is -1.10. The summed E-state index contributed by atoms with van der Waals surface area (Å²) in [6.45, 7) is 8.43. The Kier molecular flexibility index (Phi) is 5.59. The summed E-state index contributed by atoms with van der Waals surface area (Å²) < 4.78 is 5.00. The highest BCUT2D eigenvalue weighted by Crippen LogP contribution is 2.27. The van der Waals surface area contributed by atoms with Crippen LogP contribution in [0.15, 0.2) is 0 Å². The van der Waals surface area contributed by atoms with Crippen LogP contribution in [-0.2, 0) is 4.74 Å². The SMILES string of the molecule is CCCC(C)N(C)c1nc(C(=O)OCC)c(C)s1. The molecular formula is C13H22N2O2S. The molecule has 0 radical (unpaired) electrons. The molecule has 0 aromatic carbocycles. The maximum Gasteiger partial charge on any atom is 0.358 e. The molecule has 102 valence electrons. The van der Waals surface area contributed by atoms with Crippen molar-refractivity contribution in [1.29, 1.82) is 0 Å². The van der Waals surface area contributed by atoms with Gasteiger partial charge < -0.3 is 9.64 Å². The van der Waals surface area contributed by atoms with Crippen LogP contribution in [0.1, 0.15) is 49.0 Å². The van der Waals surface area contributed by atoms with E-state index in [9.17, 15) is 4.79 Å². The van der Waals surface area contributed by atoms with Gasteiger partial charge in [-0.1, -0.05) is 13.3 Å². The number of aryl methyl sites for hydroxylation is 1. The molecule has 1 unspecified atom stereocenters. The lowest BCUT2D eigenvalue weighted by atomic mass is 10.2. The number of ether oxygens (including phenoxy) is 1. The lowest BCUT2D eigenvalue weighted by molar-refractivity contribution is 0.0519. The van der Waals surface area contributed by atoms with Gasteiger partial charge in [-0.2, -0.15) is 0 Å². The van der Waals surface area contributed by atoms with Gasteiger partial charge in [-0.05, 0) is 27.2 Å². The molecule has 1 heterocycles. The van der Waals surface area contributed by atoms with Gasteiger partial charge in [0, 0.05) is 18.0 Å². The molecule has 0 aliphatic heterocycles. The van der Waals surface area contributed by atoms with Gasteiger partial charge in [-0.15, -0.1) is 11.3 Å². The largest absolute Gasteiger partial charge is 0.461 e. The van der Waals surface area contributed by atoms with Crippen LogP contribution in [0, 0.1) is 6.92 Å². The van der Waals surface area contributed by atoms with Crippen LogP contribution in [0.3, 0.4) is 0 Å². The number of aromatic nitrogens is 1. The van der Waals surface area contributed by atoms with Crippen molar-refractivity contribution in [2.24, 2.45) is 0 Å². The van der Waals surface area contributed by atoms with Gasteiger partial charge in [0.2, 0.25) is 0 Å². The molecule has 0 spiro atoms. The fourth-order valence-electron chi connectivity index (χ4n) is 1.72. The Morgan fingerprint density at radius 2 is 2.17 bits per heavy atom. The van der Waals surface area contributed by atoms with Gasteiger partial charge in [-0.25, -0.2) is 9.78 Å². The topological polar surface area (TPSA) is 42.4 Å². The minimum Gasteiger partial charge on any atom is -0.461 e. The van der Waals surface area contributed by atoms with Gasteiger partial charge in [0.15, 0.2) is 10.8 Å². The molecule has 18 heavy (non-hydrogen) atoms. The zero-order valence-electron chi connectivity index (χ0n) is 11.8. The van der Waals surface area contributed by atoms with Crippen molar-refractivity contribution < 1.29 is 9.53 Å². The maximum atomic E-state index is 11.7. The molecule has 0 N–H and O–H groups in total. The summed E-state index contributed by atoms with van der Waals surface area (Å²) >= 11 is 1.54. The molecule has 0 aliphatic rings. The number of hydrogen-bond donors (Lipinski definition) is 0. The second kappa shape index (κ2) is 6.73. The first-order chi connectivity index (χ1) is 8.51. The summed E-state index contributed by atoms with van der Waals surface area (Å²) in [5.74, 6) is -0.325. The molecule has 0 bridgehead atoms. The van der Waals surface area contributed by atoms with Crippen molar-refractivity contribution in [3.8, 4) is 0 Å². The van der Waals surface area contributed by atoms with E-state index < -0.39 is 0 Å². The van der Waals surface area contributed by atoms with Crippen LogP contribution >= 0.6 is 11.3 Å². The van der Waals surface area contributed by atoms with Gasteiger partial charge in [0.05, 0.1) is 6.61 Å². The molecule has 1 aromatic rings. The molecule has 0 saturated heterocycles. The van der Waals surface area contributed by atoms with Crippen LogP contribution in [0.2, 0.25) is 0 Å². The number of anilines is 1. The zero-order chi connectivity index (χ0) is 13.7. The third-order valence-corrected chi connectivity index (χ3v) is 3.98. The van der Waals surface area contributed by atoms with E-state index in [0.29, 0.717) is 18.3 Å². The third kappa shape index (κ3) is 3.45. The summed E-state index contributed by atoms with van der Waals surface area (Å²) in [4.78, 5) is 19.1. The van der Waals surface area contributed by atoms with Crippen LogP contribution < -0.4 is 4.90 Å². The van der Waals surface area contributed by atoms with Crippen molar-refractivity contribution in [1.82, 2.24) is 4.98 Å². The molecule has 4 nitrogen and oxygen atoms in total. The lowest BCUT2D eigenvalue weighted by Crippen LogP contribution is -2.28. The van der Waals surface area contributed by atoms with Crippen molar-refractivity contribution >= 4 is 22.4 Å². The van der Waals surface area contributed by atoms with Gasteiger partial charge in [-0.3, -0.25) is 0 Å². The average molecular weight is 270 g/mol. The fraction of sp³-hybridized carbons (Fsp3) is 0.692. The normalized spacial score (nSPS) is 12.3. The highest BCUT2D eigenvalue weighted by molar-refractivity contribution is 7.15. The average Bonchev–Trinajstić information content (AvgIpc) is 2.71. The summed E-state index contributed by atoms with van der Waals surface area (Å²) in [5, 5.41) is 0.886. The van der Waals surface area contributed by atoms with Crippen LogP contribution in [-0.4, -0.2) is 30.6 Å². The molecule has 0 aliphatic carbocycles. The van der Waals surface area contributed by atoms with E-state index in [4.69, 9.17) is 4.74 Å². The highest BCUT2D eigenvalue weighted by Gasteiger charge is 2.20. The first-order valence-corrected chi connectivity index (χ1v) is 7.20. The van der Waals surface area contributed by atoms with E-state index in [1.807, 2.05) is 14.0 Å². The zero-order valence-corrected chi connectivity index (χ0v) is 12.6. The van der Waals surface area contributed by atoms with Crippen molar-refractivity contribution in [3.05, 3.63) is 10.6 Å². The van der Waals surface area contributed by atoms with Crippen LogP contribution in [0.4, 0.5) is 5.13 Å². The number of carbonyl (C=O) groups excluding carboxylic acids is 1.